The van der Waals surface area contributed by atoms with Crippen LogP contribution in [0.1, 0.15) is 44.9 Å². The van der Waals surface area contributed by atoms with Crippen LogP contribution in [-0.4, -0.2) is 21.0 Å². The Hall–Kier alpha value is -2.93. The number of carbonyl (C=O) groups excluding carboxylic acids is 1. The smallest absolute Gasteiger partial charge is 0.257 e. The molecule has 0 bridgehead atoms. The molecule has 2 aromatic heterocycles. The van der Waals surface area contributed by atoms with E-state index in [2.05, 4.69) is 20.4 Å². The number of nitrogens with one attached hydrogen (secondary N) is 2. The predicted octanol–water partition coefficient (Wildman–Crippen LogP) is 3.05. The average Bonchev–Trinajstić information content (AvgIpc) is 2.92. The molecule has 0 aliphatic rings. The van der Waals surface area contributed by atoms with Crippen LogP contribution in [0.25, 0.3) is 0 Å². The van der Waals surface area contributed by atoms with Crippen LogP contribution in [0, 0.1) is 20.8 Å². The summed E-state index contributed by atoms with van der Waals surface area (Å²) in [4.78, 5) is 31.5. The van der Waals surface area contributed by atoms with Crippen LogP contribution in [0.5, 0.6) is 0 Å². The van der Waals surface area contributed by atoms with Crippen molar-refractivity contribution in [1.29, 1.82) is 0 Å². The number of nitrogens with zero attached hydrogens (tertiary/aromatic N) is 2. The van der Waals surface area contributed by atoms with Gasteiger partial charge in [-0.2, -0.15) is 0 Å². The standard InChI is InChI=1S/C19H19ClN4O3/c1-10-18(11(2)27-24-10)19(26)23-16(13-4-6-14(20)7-5-13)8-15-9-17(25)22-12(3)21-15/h4-7,9,16H,8H2,1-3H3,(H,23,26)(H,21,22,25)/t16-/m1/s1. The molecule has 0 aliphatic carbocycles. The van der Waals surface area contributed by atoms with Gasteiger partial charge < -0.3 is 14.8 Å². The zero-order valence-electron chi connectivity index (χ0n) is 15.2. The van der Waals surface area contributed by atoms with Crippen LogP contribution in [0.3, 0.4) is 0 Å². The second kappa shape index (κ2) is 7.75. The van der Waals surface area contributed by atoms with E-state index in [-0.39, 0.29) is 11.5 Å². The number of rotatable bonds is 5. The van der Waals surface area contributed by atoms with Crippen molar-refractivity contribution in [2.45, 2.75) is 33.2 Å². The minimum absolute atomic E-state index is 0.232. The third-order valence-corrected chi connectivity index (χ3v) is 4.42. The first-order chi connectivity index (χ1) is 12.8. The molecule has 0 saturated heterocycles. The first-order valence-electron chi connectivity index (χ1n) is 8.39. The summed E-state index contributed by atoms with van der Waals surface area (Å²) in [6.45, 7) is 5.11. The molecule has 0 spiro atoms. The van der Waals surface area contributed by atoms with Gasteiger partial charge in [-0.1, -0.05) is 28.9 Å². The number of H-pyrrole nitrogens is 1. The van der Waals surface area contributed by atoms with E-state index >= 15 is 0 Å². The Labute approximate surface area is 160 Å². The van der Waals surface area contributed by atoms with Gasteiger partial charge in [0, 0.05) is 17.5 Å². The lowest BCUT2D eigenvalue weighted by Crippen LogP contribution is -2.31. The third-order valence-electron chi connectivity index (χ3n) is 4.16. The van der Waals surface area contributed by atoms with Gasteiger partial charge in [-0.05, 0) is 38.5 Å². The summed E-state index contributed by atoms with van der Waals surface area (Å²) >= 11 is 5.98. The summed E-state index contributed by atoms with van der Waals surface area (Å²) in [6, 6.07) is 8.20. The molecule has 0 radical (unpaired) electrons. The fourth-order valence-electron chi connectivity index (χ4n) is 2.94. The molecule has 1 aromatic carbocycles. The molecule has 3 rings (SSSR count). The number of hydrogen-bond acceptors (Lipinski definition) is 5. The number of halogens is 1. The Morgan fingerprint density at radius 3 is 2.56 bits per heavy atom. The molecule has 7 nitrogen and oxygen atoms in total. The quantitative estimate of drug-likeness (QED) is 0.701. The van der Waals surface area contributed by atoms with Crippen LogP contribution in [0.15, 0.2) is 39.6 Å². The van der Waals surface area contributed by atoms with Crippen molar-refractivity contribution in [2.75, 3.05) is 0 Å². The van der Waals surface area contributed by atoms with E-state index in [0.717, 1.165) is 5.56 Å². The van der Waals surface area contributed by atoms with Gasteiger partial charge in [-0.25, -0.2) is 4.98 Å². The van der Waals surface area contributed by atoms with Crippen molar-refractivity contribution in [3.63, 3.8) is 0 Å². The molecule has 27 heavy (non-hydrogen) atoms. The monoisotopic (exact) mass is 386 g/mol. The summed E-state index contributed by atoms with van der Waals surface area (Å²) in [7, 11) is 0. The number of benzene rings is 1. The number of amides is 1. The molecule has 8 heteroatoms. The SMILES string of the molecule is Cc1nc(C[C@@H](NC(=O)c2c(C)noc2C)c2ccc(Cl)cc2)cc(=O)[nH]1. The number of carbonyl (C=O) groups is 1. The fraction of sp³-hybridized carbons (Fsp3) is 0.263. The lowest BCUT2D eigenvalue weighted by Gasteiger charge is -2.19. The molecular formula is C19H19ClN4O3. The summed E-state index contributed by atoms with van der Waals surface area (Å²) in [5.74, 6) is 0.669. The molecule has 0 fully saturated rings. The second-order valence-corrected chi connectivity index (χ2v) is 6.74. The lowest BCUT2D eigenvalue weighted by atomic mass is 10.0. The first-order valence-corrected chi connectivity index (χ1v) is 8.77. The fourth-order valence-corrected chi connectivity index (χ4v) is 3.07. The van der Waals surface area contributed by atoms with Crippen LogP contribution in [-0.2, 0) is 6.42 Å². The molecule has 3 aromatic rings. The Bertz CT molecular complexity index is 1000. The molecule has 0 unspecified atom stereocenters. The van der Waals surface area contributed by atoms with Gasteiger partial charge in [-0.15, -0.1) is 0 Å². The summed E-state index contributed by atoms with van der Waals surface area (Å²) in [5, 5.41) is 7.41. The van der Waals surface area contributed by atoms with E-state index in [1.165, 1.54) is 6.07 Å². The van der Waals surface area contributed by atoms with Gasteiger partial charge in [0.15, 0.2) is 0 Å². The molecule has 1 amide bonds. The van der Waals surface area contributed by atoms with Gasteiger partial charge in [0.25, 0.3) is 11.5 Å². The zero-order chi connectivity index (χ0) is 19.6. The van der Waals surface area contributed by atoms with Crippen molar-refractivity contribution >= 4 is 17.5 Å². The summed E-state index contributed by atoms with van der Waals surface area (Å²) in [6.07, 6.45) is 0.349. The maximum absolute atomic E-state index is 12.8. The van der Waals surface area contributed by atoms with Crippen LogP contribution in [0.2, 0.25) is 5.02 Å². The van der Waals surface area contributed by atoms with E-state index in [0.29, 0.717) is 40.0 Å². The highest BCUT2D eigenvalue weighted by Gasteiger charge is 2.22. The highest BCUT2D eigenvalue weighted by atomic mass is 35.5. The number of aromatic nitrogens is 3. The predicted molar refractivity (Wildman–Crippen MR) is 101 cm³/mol. The molecule has 2 N–H and O–H groups in total. The van der Waals surface area contributed by atoms with Gasteiger partial charge in [0.2, 0.25) is 0 Å². The average molecular weight is 387 g/mol. The summed E-state index contributed by atoms with van der Waals surface area (Å²) in [5.41, 5.74) is 2.12. The van der Waals surface area contributed by atoms with Gasteiger partial charge >= 0.3 is 0 Å². The maximum atomic E-state index is 12.8. The minimum atomic E-state index is -0.405. The summed E-state index contributed by atoms with van der Waals surface area (Å²) < 4.78 is 5.08. The van der Waals surface area contributed by atoms with Crippen molar-refractivity contribution in [2.24, 2.45) is 0 Å². The van der Waals surface area contributed by atoms with Gasteiger partial charge in [0.05, 0.1) is 17.4 Å². The molecule has 140 valence electrons. The number of aromatic amines is 1. The number of aryl methyl sites for hydroxylation is 3. The Balaban J connectivity index is 1.93. The normalized spacial score (nSPS) is 12.0. The first kappa shape index (κ1) is 18.8. The van der Waals surface area contributed by atoms with Crippen molar-refractivity contribution < 1.29 is 9.32 Å². The largest absolute Gasteiger partial charge is 0.361 e. The zero-order valence-corrected chi connectivity index (χ0v) is 15.9. The maximum Gasteiger partial charge on any atom is 0.257 e. The minimum Gasteiger partial charge on any atom is -0.361 e. The van der Waals surface area contributed by atoms with Crippen LogP contribution in [0.4, 0.5) is 0 Å². The van der Waals surface area contributed by atoms with E-state index in [1.54, 1.807) is 32.9 Å². The third kappa shape index (κ3) is 4.43. The van der Waals surface area contributed by atoms with Crippen LogP contribution < -0.4 is 10.9 Å². The van der Waals surface area contributed by atoms with E-state index in [4.69, 9.17) is 16.1 Å². The Morgan fingerprint density at radius 1 is 1.26 bits per heavy atom. The van der Waals surface area contributed by atoms with Crippen molar-refractivity contribution in [1.82, 2.24) is 20.4 Å². The Kier molecular flexibility index (Phi) is 5.41. The van der Waals surface area contributed by atoms with E-state index in [9.17, 15) is 9.59 Å². The molecule has 1 atom stereocenters. The van der Waals surface area contributed by atoms with Gasteiger partial charge in [0.1, 0.15) is 17.1 Å². The van der Waals surface area contributed by atoms with Crippen molar-refractivity contribution in [3.8, 4) is 0 Å². The topological polar surface area (TPSA) is 101 Å². The highest BCUT2D eigenvalue weighted by molar-refractivity contribution is 6.30. The molecule has 2 heterocycles. The second-order valence-electron chi connectivity index (χ2n) is 6.30. The van der Waals surface area contributed by atoms with E-state index in [1.807, 2.05) is 12.1 Å². The van der Waals surface area contributed by atoms with Crippen LogP contribution >= 0.6 is 11.6 Å². The lowest BCUT2D eigenvalue weighted by molar-refractivity contribution is 0.0934. The highest BCUT2D eigenvalue weighted by Crippen LogP contribution is 2.21. The van der Waals surface area contributed by atoms with Crippen molar-refractivity contribution in [3.05, 3.63) is 79.8 Å². The molecule has 0 aliphatic heterocycles. The van der Waals surface area contributed by atoms with Gasteiger partial charge in [-0.3, -0.25) is 9.59 Å². The Morgan fingerprint density at radius 2 is 1.96 bits per heavy atom. The molecular weight excluding hydrogens is 368 g/mol. The number of hydrogen-bond donors (Lipinski definition) is 2. The van der Waals surface area contributed by atoms with E-state index < -0.39 is 6.04 Å². The molecule has 0 saturated carbocycles.